The van der Waals surface area contributed by atoms with Gasteiger partial charge in [-0.1, -0.05) is 37.3 Å². The molecule has 0 amide bonds. The molecule has 3 aromatic rings. The van der Waals surface area contributed by atoms with Crippen molar-refractivity contribution >= 4 is 17.3 Å². The minimum atomic E-state index is 0.172. The zero-order valence-corrected chi connectivity index (χ0v) is 14.5. The molecule has 0 radical (unpaired) electrons. The van der Waals surface area contributed by atoms with Crippen LogP contribution in [-0.4, -0.2) is 15.6 Å². The lowest BCUT2D eigenvalue weighted by atomic mass is 9.87. The molecular weight excluding hydrogens is 310 g/mol. The SMILES string of the molecule is Cc1cccc(Nc2nn(-c3ccccc3)c3c2C(=O)C[C@H](C)C3)c1. The molecule has 4 heteroatoms. The fourth-order valence-electron chi connectivity index (χ4n) is 3.49. The van der Waals surface area contributed by atoms with Crippen LogP contribution in [0.2, 0.25) is 0 Å². The predicted octanol–water partition coefficient (Wildman–Crippen LogP) is 4.69. The number of benzene rings is 2. The van der Waals surface area contributed by atoms with E-state index in [4.69, 9.17) is 5.10 Å². The zero-order chi connectivity index (χ0) is 17.4. The van der Waals surface area contributed by atoms with Gasteiger partial charge in [0.15, 0.2) is 11.6 Å². The molecule has 1 N–H and O–H groups in total. The van der Waals surface area contributed by atoms with Gasteiger partial charge in [0.2, 0.25) is 0 Å². The first kappa shape index (κ1) is 15.6. The Kier molecular flexibility index (Phi) is 3.88. The van der Waals surface area contributed by atoms with E-state index in [9.17, 15) is 4.79 Å². The number of carbonyl (C=O) groups is 1. The van der Waals surface area contributed by atoms with E-state index in [0.717, 1.165) is 29.1 Å². The van der Waals surface area contributed by atoms with Crippen molar-refractivity contribution in [2.24, 2.45) is 5.92 Å². The first-order valence-corrected chi connectivity index (χ1v) is 8.66. The molecule has 25 heavy (non-hydrogen) atoms. The molecule has 4 nitrogen and oxygen atoms in total. The van der Waals surface area contributed by atoms with E-state index >= 15 is 0 Å². The number of ketones is 1. The summed E-state index contributed by atoms with van der Waals surface area (Å²) in [4.78, 5) is 12.7. The van der Waals surface area contributed by atoms with Gasteiger partial charge in [-0.15, -0.1) is 5.10 Å². The Morgan fingerprint density at radius 3 is 2.64 bits per heavy atom. The van der Waals surface area contributed by atoms with E-state index in [1.54, 1.807) is 0 Å². The molecule has 0 saturated carbocycles. The van der Waals surface area contributed by atoms with Gasteiger partial charge in [-0.2, -0.15) is 0 Å². The van der Waals surface area contributed by atoms with Crippen molar-refractivity contribution in [3.05, 3.63) is 71.4 Å². The summed E-state index contributed by atoms with van der Waals surface area (Å²) >= 11 is 0. The van der Waals surface area contributed by atoms with Gasteiger partial charge in [-0.25, -0.2) is 4.68 Å². The lowest BCUT2D eigenvalue weighted by molar-refractivity contribution is 0.0953. The molecule has 1 aromatic heterocycles. The molecule has 1 heterocycles. The van der Waals surface area contributed by atoms with Crippen molar-refractivity contribution < 1.29 is 4.79 Å². The van der Waals surface area contributed by atoms with Crippen LogP contribution in [0.1, 0.15) is 35.0 Å². The van der Waals surface area contributed by atoms with E-state index in [-0.39, 0.29) is 5.78 Å². The number of fused-ring (bicyclic) bond motifs is 1. The van der Waals surface area contributed by atoms with Crippen LogP contribution in [0.4, 0.5) is 11.5 Å². The maximum atomic E-state index is 12.7. The van der Waals surface area contributed by atoms with Crippen LogP contribution in [0.3, 0.4) is 0 Å². The summed E-state index contributed by atoms with van der Waals surface area (Å²) in [5, 5.41) is 8.11. The molecule has 1 aliphatic rings. The minimum absolute atomic E-state index is 0.172. The number of nitrogens with one attached hydrogen (secondary N) is 1. The molecule has 0 fully saturated rings. The predicted molar refractivity (Wildman–Crippen MR) is 99.8 cm³/mol. The molecule has 0 bridgehead atoms. The van der Waals surface area contributed by atoms with Crippen LogP contribution < -0.4 is 5.32 Å². The Morgan fingerprint density at radius 2 is 1.88 bits per heavy atom. The minimum Gasteiger partial charge on any atom is -0.338 e. The van der Waals surface area contributed by atoms with Crippen molar-refractivity contribution in [3.8, 4) is 5.69 Å². The van der Waals surface area contributed by atoms with Crippen LogP contribution in [0.15, 0.2) is 54.6 Å². The highest BCUT2D eigenvalue weighted by Crippen LogP contribution is 2.33. The van der Waals surface area contributed by atoms with Gasteiger partial charge in [0.25, 0.3) is 0 Å². The highest BCUT2D eigenvalue weighted by molar-refractivity contribution is 6.03. The molecule has 0 aliphatic heterocycles. The second-order valence-corrected chi connectivity index (χ2v) is 6.85. The lowest BCUT2D eigenvalue weighted by Crippen LogP contribution is -2.19. The quantitative estimate of drug-likeness (QED) is 0.757. The Balaban J connectivity index is 1.83. The summed E-state index contributed by atoms with van der Waals surface area (Å²) < 4.78 is 1.92. The first-order valence-electron chi connectivity index (χ1n) is 8.66. The number of Topliss-reactive ketones (excluding diaryl/α,β-unsaturated/α-hetero) is 1. The van der Waals surface area contributed by atoms with E-state index in [1.807, 2.05) is 47.1 Å². The van der Waals surface area contributed by atoms with Gasteiger partial charge in [0.1, 0.15) is 0 Å². The molecule has 0 saturated heterocycles. The standard InChI is InChI=1S/C21H21N3O/c1-14-7-6-8-16(11-14)22-21-20-18(12-15(2)13-19(20)25)24(23-21)17-9-4-3-5-10-17/h3-11,15H,12-13H2,1-2H3,(H,22,23)/t15-/m1/s1. The van der Waals surface area contributed by atoms with Gasteiger partial charge < -0.3 is 5.32 Å². The fraction of sp³-hybridized carbons (Fsp3) is 0.238. The molecular formula is C21H21N3O. The summed E-state index contributed by atoms with van der Waals surface area (Å²) in [5.74, 6) is 1.17. The monoisotopic (exact) mass is 331 g/mol. The fourth-order valence-corrected chi connectivity index (χ4v) is 3.49. The average Bonchev–Trinajstić information content (AvgIpc) is 2.94. The second-order valence-electron chi connectivity index (χ2n) is 6.85. The van der Waals surface area contributed by atoms with E-state index < -0.39 is 0 Å². The Bertz CT molecular complexity index is 928. The van der Waals surface area contributed by atoms with Crippen molar-refractivity contribution in [1.82, 2.24) is 9.78 Å². The number of anilines is 2. The van der Waals surface area contributed by atoms with Crippen molar-refractivity contribution in [2.75, 3.05) is 5.32 Å². The highest BCUT2D eigenvalue weighted by Gasteiger charge is 2.31. The number of hydrogen-bond donors (Lipinski definition) is 1. The number of para-hydroxylation sites is 1. The normalized spacial score (nSPS) is 16.6. The van der Waals surface area contributed by atoms with Crippen molar-refractivity contribution in [1.29, 1.82) is 0 Å². The highest BCUT2D eigenvalue weighted by atomic mass is 16.1. The third kappa shape index (κ3) is 2.95. The number of hydrogen-bond acceptors (Lipinski definition) is 3. The molecule has 0 spiro atoms. The van der Waals surface area contributed by atoms with Crippen molar-refractivity contribution in [3.63, 3.8) is 0 Å². The molecule has 2 aromatic carbocycles. The maximum Gasteiger partial charge on any atom is 0.168 e. The summed E-state index contributed by atoms with van der Waals surface area (Å²) in [5.41, 5.74) is 4.85. The van der Waals surface area contributed by atoms with Crippen LogP contribution in [0.25, 0.3) is 5.69 Å². The number of carbonyl (C=O) groups excluding carboxylic acids is 1. The Hall–Kier alpha value is -2.88. The largest absolute Gasteiger partial charge is 0.338 e. The van der Waals surface area contributed by atoms with Gasteiger partial charge in [0.05, 0.1) is 16.9 Å². The number of aromatic nitrogens is 2. The Morgan fingerprint density at radius 1 is 1.08 bits per heavy atom. The summed E-state index contributed by atoms with van der Waals surface area (Å²) in [6.45, 7) is 4.17. The van der Waals surface area contributed by atoms with Crippen LogP contribution in [0.5, 0.6) is 0 Å². The molecule has 4 rings (SSSR count). The van der Waals surface area contributed by atoms with E-state index in [2.05, 4.69) is 31.3 Å². The van der Waals surface area contributed by atoms with Gasteiger partial charge in [-0.05, 0) is 49.1 Å². The van der Waals surface area contributed by atoms with Crippen LogP contribution in [-0.2, 0) is 6.42 Å². The number of rotatable bonds is 3. The number of aryl methyl sites for hydroxylation is 1. The third-order valence-electron chi connectivity index (χ3n) is 4.62. The first-order chi connectivity index (χ1) is 12.1. The smallest absolute Gasteiger partial charge is 0.168 e. The second kappa shape index (κ2) is 6.20. The zero-order valence-electron chi connectivity index (χ0n) is 14.5. The van der Waals surface area contributed by atoms with Gasteiger partial charge in [0, 0.05) is 12.1 Å². The average molecular weight is 331 g/mol. The third-order valence-corrected chi connectivity index (χ3v) is 4.62. The molecule has 1 aliphatic carbocycles. The molecule has 126 valence electrons. The summed E-state index contributed by atoms with van der Waals surface area (Å²) in [7, 11) is 0. The maximum absolute atomic E-state index is 12.7. The van der Waals surface area contributed by atoms with E-state index in [0.29, 0.717) is 18.2 Å². The molecule has 0 unspecified atom stereocenters. The summed E-state index contributed by atoms with van der Waals surface area (Å²) in [6.07, 6.45) is 1.44. The molecule has 1 atom stereocenters. The van der Waals surface area contributed by atoms with Crippen molar-refractivity contribution in [2.45, 2.75) is 26.7 Å². The van der Waals surface area contributed by atoms with Crippen LogP contribution >= 0.6 is 0 Å². The summed E-state index contributed by atoms with van der Waals surface area (Å²) in [6, 6.07) is 18.1. The van der Waals surface area contributed by atoms with Gasteiger partial charge >= 0.3 is 0 Å². The van der Waals surface area contributed by atoms with Crippen LogP contribution in [0, 0.1) is 12.8 Å². The lowest BCUT2D eigenvalue weighted by Gasteiger charge is -2.19. The topological polar surface area (TPSA) is 46.9 Å². The number of nitrogens with zero attached hydrogens (tertiary/aromatic N) is 2. The van der Waals surface area contributed by atoms with E-state index in [1.165, 1.54) is 5.56 Å². The Labute approximate surface area is 147 Å². The van der Waals surface area contributed by atoms with Gasteiger partial charge in [-0.3, -0.25) is 4.79 Å².